The lowest BCUT2D eigenvalue weighted by molar-refractivity contribution is -0.385. The molecule has 8 nitrogen and oxygen atoms in total. The van der Waals surface area contributed by atoms with Crippen LogP contribution in [-0.4, -0.2) is 40.8 Å². The van der Waals surface area contributed by atoms with Gasteiger partial charge in [-0.3, -0.25) is 19.7 Å². The van der Waals surface area contributed by atoms with E-state index < -0.39 is 11.0 Å². The minimum atomic E-state index is -0.677. The Morgan fingerprint density at radius 3 is 2.56 bits per heavy atom. The van der Waals surface area contributed by atoms with Crippen LogP contribution in [-0.2, 0) is 22.6 Å². The third-order valence-corrected chi connectivity index (χ3v) is 6.35. The number of amides is 2. The van der Waals surface area contributed by atoms with Crippen molar-refractivity contribution in [1.82, 2.24) is 10.2 Å². The number of nitrogens with one attached hydrogen (secondary N) is 1. The van der Waals surface area contributed by atoms with E-state index in [0.29, 0.717) is 17.7 Å². The fraction of sp³-hybridized carbons (Fsp3) is 0.462. The summed E-state index contributed by atoms with van der Waals surface area (Å²) >= 11 is 0. The summed E-state index contributed by atoms with van der Waals surface area (Å²) in [4.78, 5) is 39.3. The summed E-state index contributed by atoms with van der Waals surface area (Å²) in [5, 5.41) is 14.6. The quantitative estimate of drug-likeness (QED) is 0.412. The molecule has 0 unspecified atom stereocenters. The molecular weight excluding hydrogens is 434 g/mol. The Labute approximate surface area is 200 Å². The summed E-state index contributed by atoms with van der Waals surface area (Å²) < 4.78 is 5.31. The van der Waals surface area contributed by atoms with Crippen molar-refractivity contribution in [2.45, 2.75) is 70.5 Å². The normalized spacial score (nSPS) is 14.8. The Kier molecular flexibility index (Phi) is 9.01. The average Bonchev–Trinajstić information content (AvgIpc) is 2.84. The molecule has 0 aliphatic heterocycles. The Morgan fingerprint density at radius 2 is 1.88 bits per heavy atom. The van der Waals surface area contributed by atoms with Crippen LogP contribution in [0.4, 0.5) is 5.69 Å². The number of methoxy groups -OCH3 is 1. The van der Waals surface area contributed by atoms with E-state index in [1.54, 1.807) is 30.2 Å². The number of nitrogens with zero attached hydrogens (tertiary/aromatic N) is 2. The molecule has 3 rings (SSSR count). The second-order valence-electron chi connectivity index (χ2n) is 8.70. The molecule has 0 aromatic heterocycles. The second-order valence-corrected chi connectivity index (χ2v) is 8.70. The van der Waals surface area contributed by atoms with Gasteiger partial charge in [-0.05, 0) is 37.0 Å². The van der Waals surface area contributed by atoms with E-state index in [9.17, 15) is 19.7 Å². The molecule has 1 aliphatic rings. The zero-order valence-electron chi connectivity index (χ0n) is 19.9. The third-order valence-electron chi connectivity index (χ3n) is 6.35. The molecule has 34 heavy (non-hydrogen) atoms. The molecule has 182 valence electrons. The first-order valence-corrected chi connectivity index (χ1v) is 11.9. The summed E-state index contributed by atoms with van der Waals surface area (Å²) in [5.41, 5.74) is 1.05. The summed E-state index contributed by atoms with van der Waals surface area (Å²) in [7, 11) is 1.57. The Morgan fingerprint density at radius 1 is 1.15 bits per heavy atom. The highest BCUT2D eigenvalue weighted by Gasteiger charge is 2.31. The minimum absolute atomic E-state index is 0.100. The van der Waals surface area contributed by atoms with Crippen molar-refractivity contribution in [3.63, 3.8) is 0 Å². The average molecular weight is 468 g/mol. The van der Waals surface area contributed by atoms with Gasteiger partial charge in [0, 0.05) is 24.2 Å². The third kappa shape index (κ3) is 6.56. The molecule has 1 atom stereocenters. The first-order chi connectivity index (χ1) is 16.4. The van der Waals surface area contributed by atoms with Crippen LogP contribution in [0.5, 0.6) is 5.75 Å². The van der Waals surface area contributed by atoms with Gasteiger partial charge in [-0.15, -0.1) is 0 Å². The Hall–Kier alpha value is -3.42. The summed E-state index contributed by atoms with van der Waals surface area (Å²) in [6, 6.07) is 13.0. The van der Waals surface area contributed by atoms with Crippen molar-refractivity contribution >= 4 is 17.5 Å². The minimum Gasteiger partial charge on any atom is -0.497 e. The van der Waals surface area contributed by atoms with Gasteiger partial charge in [-0.2, -0.15) is 0 Å². The Bertz CT molecular complexity index is 1000. The number of carbonyl (C=O) groups excluding carboxylic acids is 2. The van der Waals surface area contributed by atoms with Crippen molar-refractivity contribution in [2.75, 3.05) is 7.11 Å². The predicted molar refractivity (Wildman–Crippen MR) is 129 cm³/mol. The zero-order chi connectivity index (χ0) is 24.5. The molecule has 8 heteroatoms. The van der Waals surface area contributed by atoms with Crippen LogP contribution in [0.15, 0.2) is 48.5 Å². The number of benzene rings is 2. The molecular formula is C26H33N3O5. The van der Waals surface area contributed by atoms with E-state index in [1.165, 1.54) is 12.5 Å². The highest BCUT2D eigenvalue weighted by Crippen LogP contribution is 2.23. The van der Waals surface area contributed by atoms with Gasteiger partial charge in [-0.25, -0.2) is 0 Å². The molecule has 2 amide bonds. The maximum absolute atomic E-state index is 13.5. The van der Waals surface area contributed by atoms with Crippen LogP contribution in [0, 0.1) is 10.1 Å². The highest BCUT2D eigenvalue weighted by molar-refractivity contribution is 5.89. The molecule has 1 fully saturated rings. The fourth-order valence-electron chi connectivity index (χ4n) is 4.53. The van der Waals surface area contributed by atoms with Gasteiger partial charge in [0.2, 0.25) is 11.8 Å². The lowest BCUT2D eigenvalue weighted by Crippen LogP contribution is -2.52. The first-order valence-electron chi connectivity index (χ1n) is 11.9. The number of hydrogen-bond donors (Lipinski definition) is 1. The van der Waals surface area contributed by atoms with Crippen molar-refractivity contribution in [3.8, 4) is 5.75 Å². The topological polar surface area (TPSA) is 102 Å². The fourth-order valence-corrected chi connectivity index (χ4v) is 4.53. The number of ether oxygens (including phenoxy) is 1. The second kappa shape index (κ2) is 12.2. The van der Waals surface area contributed by atoms with E-state index in [1.807, 2.05) is 31.2 Å². The molecule has 1 aliphatic carbocycles. The number of nitro benzene ring substituents is 1. The summed E-state index contributed by atoms with van der Waals surface area (Å²) in [6.07, 6.45) is 5.53. The highest BCUT2D eigenvalue weighted by atomic mass is 16.6. The molecule has 1 saturated carbocycles. The lowest BCUT2D eigenvalue weighted by Gasteiger charge is -2.33. The number of carbonyl (C=O) groups is 2. The number of rotatable bonds is 10. The molecule has 0 bridgehead atoms. The predicted octanol–water partition coefficient (Wildman–Crippen LogP) is 4.40. The van der Waals surface area contributed by atoms with E-state index >= 15 is 0 Å². The monoisotopic (exact) mass is 467 g/mol. The summed E-state index contributed by atoms with van der Waals surface area (Å²) in [5.74, 6) is 0.152. The number of hydrogen-bond acceptors (Lipinski definition) is 5. The molecule has 1 N–H and O–H groups in total. The maximum Gasteiger partial charge on any atom is 0.273 e. The summed E-state index contributed by atoms with van der Waals surface area (Å²) in [6.45, 7) is 2.08. The molecule has 2 aromatic rings. The van der Waals surface area contributed by atoms with Crippen LogP contribution in [0.3, 0.4) is 0 Å². The van der Waals surface area contributed by atoms with Crippen LogP contribution >= 0.6 is 0 Å². The van der Waals surface area contributed by atoms with Crippen molar-refractivity contribution in [1.29, 1.82) is 0 Å². The van der Waals surface area contributed by atoms with E-state index in [0.717, 1.165) is 31.2 Å². The van der Waals surface area contributed by atoms with Gasteiger partial charge in [0.1, 0.15) is 11.8 Å². The molecule has 2 aromatic carbocycles. The van der Waals surface area contributed by atoms with Gasteiger partial charge in [0.15, 0.2) is 0 Å². The van der Waals surface area contributed by atoms with E-state index in [4.69, 9.17) is 4.74 Å². The largest absolute Gasteiger partial charge is 0.497 e. The van der Waals surface area contributed by atoms with E-state index in [2.05, 4.69) is 5.32 Å². The van der Waals surface area contributed by atoms with Crippen LogP contribution in [0.25, 0.3) is 0 Å². The number of nitro groups is 1. The molecule has 0 radical (unpaired) electrons. The molecule has 0 saturated heterocycles. The molecule has 0 spiro atoms. The van der Waals surface area contributed by atoms with Crippen molar-refractivity contribution in [3.05, 3.63) is 69.8 Å². The van der Waals surface area contributed by atoms with Crippen molar-refractivity contribution in [2.24, 2.45) is 0 Å². The van der Waals surface area contributed by atoms with Gasteiger partial charge in [0.25, 0.3) is 5.69 Å². The van der Waals surface area contributed by atoms with Gasteiger partial charge in [0.05, 0.1) is 18.5 Å². The van der Waals surface area contributed by atoms with Crippen LogP contribution < -0.4 is 10.1 Å². The lowest BCUT2D eigenvalue weighted by atomic mass is 9.95. The number of para-hydroxylation sites is 1. The van der Waals surface area contributed by atoms with Gasteiger partial charge >= 0.3 is 0 Å². The zero-order valence-corrected chi connectivity index (χ0v) is 19.9. The van der Waals surface area contributed by atoms with Gasteiger partial charge in [-0.1, -0.05) is 56.5 Å². The van der Waals surface area contributed by atoms with Crippen LogP contribution in [0.2, 0.25) is 0 Å². The Balaban J connectivity index is 1.87. The molecule has 0 heterocycles. The SMILES string of the molecule is CC[C@H](C(=O)NC1CCCCC1)N(Cc1cccc(OC)c1)C(=O)Cc1ccccc1[N+](=O)[O-]. The maximum atomic E-state index is 13.5. The van der Waals surface area contributed by atoms with Gasteiger partial charge < -0.3 is 15.0 Å². The first kappa shape index (κ1) is 25.2. The van der Waals surface area contributed by atoms with Crippen LogP contribution in [0.1, 0.15) is 56.6 Å². The standard InChI is InChI=1S/C26H33N3O5/c1-3-23(26(31)27-21-12-5-4-6-13-21)28(18-19-10-9-14-22(16-19)34-2)25(30)17-20-11-7-8-15-24(20)29(32)33/h7-11,14-16,21,23H,3-6,12-13,17-18H2,1-2H3,(H,27,31)/t23-/m1/s1. The van der Waals surface area contributed by atoms with E-state index in [-0.39, 0.29) is 36.5 Å². The van der Waals surface area contributed by atoms with Crippen molar-refractivity contribution < 1.29 is 19.2 Å². The smallest absolute Gasteiger partial charge is 0.273 e.